The summed E-state index contributed by atoms with van der Waals surface area (Å²) in [7, 11) is 0. The van der Waals surface area contributed by atoms with Crippen LogP contribution in [0.1, 0.15) is 46.5 Å². The van der Waals surface area contributed by atoms with Gasteiger partial charge in [-0.15, -0.1) is 0 Å². The van der Waals surface area contributed by atoms with Gasteiger partial charge in [0.15, 0.2) is 5.78 Å². The van der Waals surface area contributed by atoms with Gasteiger partial charge in [0.2, 0.25) is 0 Å². The molecule has 1 rings (SSSR count). The van der Waals surface area contributed by atoms with Gasteiger partial charge in [0.05, 0.1) is 6.10 Å². The van der Waals surface area contributed by atoms with E-state index in [0.29, 0.717) is 24.5 Å². The zero-order valence-electron chi connectivity index (χ0n) is 9.58. The molecule has 0 heterocycles. The summed E-state index contributed by atoms with van der Waals surface area (Å²) in [5.41, 5.74) is 0. The summed E-state index contributed by atoms with van der Waals surface area (Å²) >= 11 is 0. The van der Waals surface area contributed by atoms with E-state index in [-0.39, 0.29) is 5.78 Å². The molecule has 0 aromatic heterocycles. The summed E-state index contributed by atoms with van der Waals surface area (Å²) in [4.78, 5) is 10.8. The van der Waals surface area contributed by atoms with Crippen LogP contribution < -0.4 is 0 Å². The van der Waals surface area contributed by atoms with E-state index in [9.17, 15) is 4.79 Å². The van der Waals surface area contributed by atoms with Crippen molar-refractivity contribution in [3.63, 3.8) is 0 Å². The first kappa shape index (κ1) is 11.7. The van der Waals surface area contributed by atoms with E-state index in [1.165, 1.54) is 19.3 Å². The smallest absolute Gasteiger partial charge is 0.155 e. The van der Waals surface area contributed by atoms with Crippen LogP contribution in [0.3, 0.4) is 0 Å². The highest BCUT2D eigenvalue weighted by molar-refractivity contribution is 5.76. The molecule has 82 valence electrons. The lowest BCUT2D eigenvalue weighted by Gasteiger charge is -2.33. The van der Waals surface area contributed by atoms with Gasteiger partial charge in [-0.2, -0.15) is 0 Å². The first-order valence-corrected chi connectivity index (χ1v) is 5.72. The third-order valence-corrected chi connectivity index (χ3v) is 3.11. The Bertz CT molecular complexity index is 187. The van der Waals surface area contributed by atoms with Gasteiger partial charge in [0.25, 0.3) is 0 Å². The van der Waals surface area contributed by atoms with Gasteiger partial charge in [-0.25, -0.2) is 0 Å². The number of hydrogen-bond acceptors (Lipinski definition) is 2. The Labute approximate surface area is 87.0 Å². The van der Waals surface area contributed by atoms with Gasteiger partial charge in [0.1, 0.15) is 6.61 Å². The quantitative estimate of drug-likeness (QED) is 0.694. The van der Waals surface area contributed by atoms with Crippen molar-refractivity contribution >= 4 is 5.78 Å². The molecule has 2 atom stereocenters. The van der Waals surface area contributed by atoms with E-state index in [2.05, 4.69) is 13.8 Å². The number of ketones is 1. The van der Waals surface area contributed by atoms with Crippen LogP contribution in [0.5, 0.6) is 0 Å². The minimum Gasteiger partial charge on any atom is -0.370 e. The molecule has 0 spiro atoms. The summed E-state index contributed by atoms with van der Waals surface area (Å²) in [5, 5.41) is 0. The molecule has 0 aromatic carbocycles. The zero-order chi connectivity index (χ0) is 10.6. The Morgan fingerprint density at radius 2 is 2.00 bits per heavy atom. The van der Waals surface area contributed by atoms with Gasteiger partial charge in [-0.1, -0.05) is 26.7 Å². The topological polar surface area (TPSA) is 26.3 Å². The van der Waals surface area contributed by atoms with Crippen LogP contribution in [0.4, 0.5) is 0 Å². The molecule has 14 heavy (non-hydrogen) atoms. The second kappa shape index (κ2) is 5.50. The van der Waals surface area contributed by atoms with Crippen molar-refractivity contribution in [1.29, 1.82) is 0 Å². The fraction of sp³-hybridized carbons (Fsp3) is 0.917. The summed E-state index contributed by atoms with van der Waals surface area (Å²) in [6.45, 7) is 6.39. The van der Waals surface area contributed by atoms with Crippen molar-refractivity contribution < 1.29 is 9.53 Å². The maximum atomic E-state index is 10.8. The lowest BCUT2D eigenvalue weighted by Crippen LogP contribution is -2.32. The molecule has 1 aliphatic carbocycles. The molecule has 0 aromatic rings. The van der Waals surface area contributed by atoms with E-state index in [4.69, 9.17) is 4.74 Å². The van der Waals surface area contributed by atoms with E-state index < -0.39 is 0 Å². The highest BCUT2D eigenvalue weighted by atomic mass is 16.5. The van der Waals surface area contributed by atoms with Crippen molar-refractivity contribution in [3.8, 4) is 0 Å². The molecule has 0 amide bonds. The Balaban J connectivity index is 2.41. The van der Waals surface area contributed by atoms with Crippen LogP contribution in [-0.2, 0) is 9.53 Å². The van der Waals surface area contributed by atoms with Crippen LogP contribution in [-0.4, -0.2) is 18.5 Å². The van der Waals surface area contributed by atoms with Crippen LogP contribution in [0.25, 0.3) is 0 Å². The number of Topliss-reactive ketones (excluding diaryl/α,β-unsaturated/α-hetero) is 1. The molecule has 0 unspecified atom stereocenters. The standard InChI is InChI=1S/C12H22O2/c1-9(2)11-6-4-5-7-12(11)14-8-10(3)13/h9,11-12H,4-8H2,1-3H3/t11-,12+/m0/s1. The van der Waals surface area contributed by atoms with Crippen LogP contribution in [0.2, 0.25) is 0 Å². The van der Waals surface area contributed by atoms with Crippen molar-refractivity contribution in [3.05, 3.63) is 0 Å². The van der Waals surface area contributed by atoms with E-state index >= 15 is 0 Å². The highest BCUT2D eigenvalue weighted by Crippen LogP contribution is 2.32. The average Bonchev–Trinajstić information content (AvgIpc) is 2.15. The number of rotatable bonds is 4. The highest BCUT2D eigenvalue weighted by Gasteiger charge is 2.28. The molecular formula is C12H22O2. The fourth-order valence-electron chi connectivity index (χ4n) is 2.32. The maximum absolute atomic E-state index is 10.8. The van der Waals surface area contributed by atoms with Crippen molar-refractivity contribution in [2.75, 3.05) is 6.61 Å². The molecule has 1 fully saturated rings. The molecule has 0 radical (unpaired) electrons. The third-order valence-electron chi connectivity index (χ3n) is 3.11. The molecule has 1 aliphatic rings. The van der Waals surface area contributed by atoms with Crippen LogP contribution in [0.15, 0.2) is 0 Å². The Kier molecular flexibility index (Phi) is 4.59. The zero-order valence-corrected chi connectivity index (χ0v) is 9.58. The van der Waals surface area contributed by atoms with Gasteiger partial charge >= 0.3 is 0 Å². The molecule has 0 aliphatic heterocycles. The predicted molar refractivity (Wildman–Crippen MR) is 57.2 cm³/mol. The average molecular weight is 198 g/mol. The maximum Gasteiger partial charge on any atom is 0.155 e. The molecule has 1 saturated carbocycles. The summed E-state index contributed by atoms with van der Waals surface area (Å²) in [6, 6.07) is 0. The molecule has 0 bridgehead atoms. The van der Waals surface area contributed by atoms with E-state index in [1.54, 1.807) is 6.92 Å². The Morgan fingerprint density at radius 3 is 2.57 bits per heavy atom. The molecule has 0 saturated heterocycles. The second-order valence-corrected chi connectivity index (χ2v) is 4.74. The van der Waals surface area contributed by atoms with Gasteiger partial charge in [-0.05, 0) is 31.6 Å². The second-order valence-electron chi connectivity index (χ2n) is 4.74. The lowest BCUT2D eigenvalue weighted by molar-refractivity contribution is -0.126. The van der Waals surface area contributed by atoms with Crippen LogP contribution in [0, 0.1) is 11.8 Å². The van der Waals surface area contributed by atoms with E-state index in [1.807, 2.05) is 0 Å². The predicted octanol–water partition coefficient (Wildman–Crippen LogP) is 2.81. The summed E-state index contributed by atoms with van der Waals surface area (Å²) in [5.74, 6) is 1.47. The molecule has 2 nitrogen and oxygen atoms in total. The molecule has 0 N–H and O–H groups in total. The van der Waals surface area contributed by atoms with Crippen LogP contribution >= 0.6 is 0 Å². The SMILES string of the molecule is CC(=O)CO[C@@H]1CCCC[C@H]1C(C)C. The summed E-state index contributed by atoms with van der Waals surface area (Å²) in [6.07, 6.45) is 5.30. The Hall–Kier alpha value is -0.370. The number of carbonyl (C=O) groups excluding carboxylic acids is 1. The minimum absolute atomic E-state index is 0.137. The first-order chi connectivity index (χ1) is 6.61. The number of hydrogen-bond donors (Lipinski definition) is 0. The van der Waals surface area contributed by atoms with Gasteiger partial charge in [-0.3, -0.25) is 4.79 Å². The van der Waals surface area contributed by atoms with Gasteiger partial charge < -0.3 is 4.74 Å². The van der Waals surface area contributed by atoms with Gasteiger partial charge in [0, 0.05) is 0 Å². The Morgan fingerprint density at radius 1 is 1.36 bits per heavy atom. The number of ether oxygens (including phenoxy) is 1. The summed E-state index contributed by atoms with van der Waals surface area (Å²) < 4.78 is 5.67. The molecule has 2 heteroatoms. The van der Waals surface area contributed by atoms with Crippen molar-refractivity contribution in [2.45, 2.75) is 52.6 Å². The minimum atomic E-state index is 0.137. The monoisotopic (exact) mass is 198 g/mol. The van der Waals surface area contributed by atoms with Crippen molar-refractivity contribution in [2.24, 2.45) is 11.8 Å². The normalized spacial score (nSPS) is 28.0. The molecular weight excluding hydrogens is 176 g/mol. The van der Waals surface area contributed by atoms with E-state index in [0.717, 1.165) is 6.42 Å². The third kappa shape index (κ3) is 3.41. The number of carbonyl (C=O) groups is 1. The lowest BCUT2D eigenvalue weighted by atomic mass is 9.79. The fourth-order valence-corrected chi connectivity index (χ4v) is 2.32. The largest absolute Gasteiger partial charge is 0.370 e. The first-order valence-electron chi connectivity index (χ1n) is 5.72. The van der Waals surface area contributed by atoms with Crippen molar-refractivity contribution in [1.82, 2.24) is 0 Å².